The molecule has 1 atom stereocenters. The maximum atomic E-state index is 12.4. The number of hydrogen-bond donors (Lipinski definition) is 0. The Kier molecular flexibility index (Phi) is 3.10. The average molecular weight is 283 g/mol. The highest BCUT2D eigenvalue weighted by molar-refractivity contribution is 7.84. The zero-order chi connectivity index (χ0) is 14.3. The molecule has 2 aromatic carbocycles. The molecule has 2 aliphatic rings. The first kappa shape index (κ1) is 12.9. The van der Waals surface area contributed by atoms with E-state index in [-0.39, 0.29) is 5.78 Å². The quantitative estimate of drug-likeness (QED) is 0.636. The van der Waals surface area contributed by atoms with Gasteiger partial charge in [-0.1, -0.05) is 50.2 Å². The van der Waals surface area contributed by atoms with Gasteiger partial charge >= 0.3 is 0 Å². The molecule has 1 unspecified atom stereocenters. The van der Waals surface area contributed by atoms with E-state index in [2.05, 4.69) is 4.40 Å². The average Bonchev–Trinajstić information content (AvgIpc) is 2.85. The van der Waals surface area contributed by atoms with Gasteiger partial charge < -0.3 is 0 Å². The maximum Gasteiger partial charge on any atom is 0.194 e. The van der Waals surface area contributed by atoms with Gasteiger partial charge in [-0.3, -0.25) is 4.79 Å². The van der Waals surface area contributed by atoms with Gasteiger partial charge in [0.2, 0.25) is 0 Å². The van der Waals surface area contributed by atoms with Crippen LogP contribution < -0.4 is 0 Å². The summed E-state index contributed by atoms with van der Waals surface area (Å²) in [5.41, 5.74) is 3.47. The van der Waals surface area contributed by atoms with Crippen molar-refractivity contribution in [2.75, 3.05) is 0 Å². The van der Waals surface area contributed by atoms with Crippen molar-refractivity contribution < 1.29 is 9.00 Å². The van der Waals surface area contributed by atoms with Crippen LogP contribution in [0.4, 0.5) is 0 Å². The third kappa shape index (κ3) is 1.61. The molecule has 0 saturated heterocycles. The van der Waals surface area contributed by atoms with Crippen molar-refractivity contribution in [3.05, 3.63) is 64.7 Å². The molecule has 4 rings (SSSR count). The predicted molar refractivity (Wildman–Crippen MR) is 79.7 cm³/mol. The number of carbonyl (C=O) groups is 1. The van der Waals surface area contributed by atoms with E-state index in [1.807, 2.05) is 32.0 Å². The zero-order valence-corrected chi connectivity index (χ0v) is 12.0. The summed E-state index contributed by atoms with van der Waals surface area (Å²) in [6.45, 7) is 4.00. The Balaban J connectivity index is 0.000000581. The summed E-state index contributed by atoms with van der Waals surface area (Å²) < 4.78 is 16.1. The van der Waals surface area contributed by atoms with E-state index in [0.717, 1.165) is 11.1 Å². The van der Waals surface area contributed by atoms with Crippen molar-refractivity contribution in [1.82, 2.24) is 0 Å². The van der Waals surface area contributed by atoms with Crippen LogP contribution in [0.15, 0.2) is 51.8 Å². The second kappa shape index (κ2) is 4.80. The second-order valence-electron chi connectivity index (χ2n) is 4.24. The maximum absolute atomic E-state index is 12.4. The second-order valence-corrected chi connectivity index (χ2v) is 5.36. The van der Waals surface area contributed by atoms with Gasteiger partial charge in [-0.05, 0) is 6.07 Å². The van der Waals surface area contributed by atoms with Crippen molar-refractivity contribution >= 4 is 22.5 Å². The minimum atomic E-state index is -1.38. The van der Waals surface area contributed by atoms with Crippen molar-refractivity contribution in [3.8, 4) is 0 Å². The Bertz CT molecular complexity index is 778. The normalized spacial score (nSPS) is 17.6. The lowest BCUT2D eigenvalue weighted by Gasteiger charge is -2.17. The molecule has 1 heterocycles. The number of nitrogens with zero attached hydrogens (tertiary/aromatic N) is 1. The standard InChI is InChI=1S/C14H7NO2S.C2H6/c16-14-9-5-2-1-4-8(9)13-12-10(14)6-3-7-11(12)18(17)15-13;1-2/h1-7H;1-2H3. The molecule has 0 radical (unpaired) electrons. The molecule has 1 aliphatic carbocycles. The highest BCUT2D eigenvalue weighted by Gasteiger charge is 2.34. The number of hydrogen-bond acceptors (Lipinski definition) is 2. The van der Waals surface area contributed by atoms with Crippen molar-refractivity contribution in [2.45, 2.75) is 18.7 Å². The van der Waals surface area contributed by atoms with Crippen LogP contribution in [-0.2, 0) is 11.0 Å². The van der Waals surface area contributed by atoms with Gasteiger partial charge in [0.05, 0.1) is 10.6 Å². The molecule has 3 nitrogen and oxygen atoms in total. The van der Waals surface area contributed by atoms with Gasteiger partial charge in [0.15, 0.2) is 16.8 Å². The van der Waals surface area contributed by atoms with Crippen LogP contribution in [0.1, 0.15) is 40.9 Å². The fourth-order valence-electron chi connectivity index (χ4n) is 2.50. The first-order chi connectivity index (χ1) is 9.77. The summed E-state index contributed by atoms with van der Waals surface area (Å²) in [6.07, 6.45) is 0. The van der Waals surface area contributed by atoms with Crippen LogP contribution >= 0.6 is 0 Å². The van der Waals surface area contributed by atoms with Crippen LogP contribution in [0.5, 0.6) is 0 Å². The van der Waals surface area contributed by atoms with Crippen molar-refractivity contribution in [2.24, 2.45) is 4.40 Å². The van der Waals surface area contributed by atoms with Gasteiger partial charge in [0.1, 0.15) is 0 Å². The van der Waals surface area contributed by atoms with Gasteiger partial charge in [0, 0.05) is 22.3 Å². The first-order valence-corrected chi connectivity index (χ1v) is 7.66. The summed E-state index contributed by atoms with van der Waals surface area (Å²) in [4.78, 5) is 13.0. The predicted octanol–water partition coefficient (Wildman–Crippen LogP) is 3.13. The Hall–Kier alpha value is -2.07. The largest absolute Gasteiger partial charge is 0.289 e. The molecule has 0 fully saturated rings. The van der Waals surface area contributed by atoms with Gasteiger partial charge in [-0.2, -0.15) is 4.40 Å². The minimum absolute atomic E-state index is 0.0136. The number of benzene rings is 2. The third-order valence-corrected chi connectivity index (χ3v) is 4.36. The molecule has 100 valence electrons. The van der Waals surface area contributed by atoms with Gasteiger partial charge in [-0.15, -0.1) is 0 Å². The lowest BCUT2D eigenvalue weighted by molar-refractivity contribution is 0.103. The molecule has 20 heavy (non-hydrogen) atoms. The summed E-state index contributed by atoms with van der Waals surface area (Å²) in [5, 5.41) is 0. The number of carbonyl (C=O) groups excluding carboxylic acids is 1. The molecule has 0 bridgehead atoms. The molecule has 0 N–H and O–H groups in total. The summed E-state index contributed by atoms with van der Waals surface area (Å²) in [6, 6.07) is 12.6. The lowest BCUT2D eigenvalue weighted by atomic mass is 9.84. The minimum Gasteiger partial charge on any atom is -0.289 e. The topological polar surface area (TPSA) is 46.5 Å². The van der Waals surface area contributed by atoms with E-state index in [1.165, 1.54) is 0 Å². The number of rotatable bonds is 0. The summed E-state index contributed by atoms with van der Waals surface area (Å²) in [5.74, 6) is -0.0136. The van der Waals surface area contributed by atoms with E-state index in [0.29, 0.717) is 21.7 Å². The van der Waals surface area contributed by atoms with E-state index in [9.17, 15) is 9.00 Å². The molecule has 0 aromatic heterocycles. The van der Waals surface area contributed by atoms with E-state index in [4.69, 9.17) is 0 Å². The smallest absolute Gasteiger partial charge is 0.194 e. The van der Waals surface area contributed by atoms with Crippen molar-refractivity contribution in [1.29, 1.82) is 0 Å². The molecular formula is C16H13NO2S. The highest BCUT2D eigenvalue weighted by atomic mass is 32.2. The third-order valence-electron chi connectivity index (χ3n) is 3.30. The molecule has 4 heteroatoms. The fraction of sp³-hybridized carbons (Fsp3) is 0.125. The Morgan fingerprint density at radius 1 is 0.900 bits per heavy atom. The molecule has 2 aromatic rings. The number of ketones is 1. The zero-order valence-electron chi connectivity index (χ0n) is 11.2. The van der Waals surface area contributed by atoms with Crippen LogP contribution in [0.25, 0.3) is 0 Å². The molecule has 1 aliphatic heterocycles. The molecule has 0 saturated carbocycles. The van der Waals surface area contributed by atoms with Crippen molar-refractivity contribution in [3.63, 3.8) is 0 Å². The summed E-state index contributed by atoms with van der Waals surface area (Å²) in [7, 11) is -1.38. The van der Waals surface area contributed by atoms with Crippen LogP contribution in [0.2, 0.25) is 0 Å². The first-order valence-electron chi connectivity index (χ1n) is 6.55. The van der Waals surface area contributed by atoms with Crippen LogP contribution in [0, 0.1) is 0 Å². The Morgan fingerprint density at radius 2 is 1.55 bits per heavy atom. The monoisotopic (exact) mass is 283 g/mol. The lowest BCUT2D eigenvalue weighted by Crippen LogP contribution is -2.20. The van der Waals surface area contributed by atoms with Gasteiger partial charge in [0.25, 0.3) is 0 Å². The molecule has 0 amide bonds. The van der Waals surface area contributed by atoms with E-state index >= 15 is 0 Å². The molecular weight excluding hydrogens is 270 g/mol. The van der Waals surface area contributed by atoms with Gasteiger partial charge in [-0.25, -0.2) is 4.21 Å². The Labute approximate surface area is 120 Å². The van der Waals surface area contributed by atoms with E-state index < -0.39 is 11.0 Å². The van der Waals surface area contributed by atoms with Crippen LogP contribution in [0.3, 0.4) is 0 Å². The SMILES string of the molecule is CC.O=C1c2ccccc2C2=NS(=O)c3cccc1c32. The highest BCUT2D eigenvalue weighted by Crippen LogP contribution is 2.35. The summed E-state index contributed by atoms with van der Waals surface area (Å²) >= 11 is 0. The fourth-order valence-corrected chi connectivity index (χ4v) is 3.53. The number of fused-ring (bicyclic) bond motifs is 2. The van der Waals surface area contributed by atoms with Crippen LogP contribution in [-0.4, -0.2) is 15.7 Å². The Morgan fingerprint density at radius 3 is 2.30 bits per heavy atom. The van der Waals surface area contributed by atoms with E-state index in [1.54, 1.807) is 24.3 Å². The molecule has 0 spiro atoms.